The van der Waals surface area contributed by atoms with Crippen LogP contribution in [0.4, 0.5) is 0 Å². The molecule has 1 fully saturated rings. The van der Waals surface area contributed by atoms with E-state index >= 15 is 0 Å². The van der Waals surface area contributed by atoms with E-state index in [0.29, 0.717) is 6.04 Å². The molecular formula is C11H25N3. The van der Waals surface area contributed by atoms with Crippen LogP contribution in [0, 0.1) is 0 Å². The molecule has 0 aliphatic carbocycles. The van der Waals surface area contributed by atoms with Gasteiger partial charge < -0.3 is 10.6 Å². The molecule has 14 heavy (non-hydrogen) atoms. The second-order valence-corrected chi connectivity index (χ2v) is 4.31. The third-order valence-electron chi connectivity index (χ3n) is 3.02. The lowest BCUT2D eigenvalue weighted by molar-refractivity contribution is 0.127. The quantitative estimate of drug-likeness (QED) is 0.709. The zero-order valence-corrected chi connectivity index (χ0v) is 9.71. The van der Waals surface area contributed by atoms with Crippen molar-refractivity contribution in [1.82, 2.24) is 9.80 Å². The summed E-state index contributed by atoms with van der Waals surface area (Å²) in [5, 5.41) is 0. The minimum atomic E-state index is 0.368. The standard InChI is InChI=1S/C11H25N3/c1-3-5-13-6-8-14(9-7-13)10-11(12)4-2/h11H,3-10,12H2,1-2H3. The summed E-state index contributed by atoms with van der Waals surface area (Å²) in [6.45, 7) is 11.6. The Labute approximate surface area is 88.2 Å². The lowest BCUT2D eigenvalue weighted by atomic mass is 10.2. The van der Waals surface area contributed by atoms with Crippen LogP contribution in [-0.2, 0) is 0 Å². The molecule has 1 rings (SSSR count). The molecule has 1 atom stereocenters. The van der Waals surface area contributed by atoms with Gasteiger partial charge >= 0.3 is 0 Å². The maximum Gasteiger partial charge on any atom is 0.0165 e. The molecule has 2 N–H and O–H groups in total. The monoisotopic (exact) mass is 199 g/mol. The average Bonchev–Trinajstić information content (AvgIpc) is 2.21. The molecule has 0 amide bonds. The van der Waals surface area contributed by atoms with E-state index in [0.717, 1.165) is 13.0 Å². The molecule has 0 aromatic rings. The second-order valence-electron chi connectivity index (χ2n) is 4.31. The van der Waals surface area contributed by atoms with Crippen LogP contribution in [0.15, 0.2) is 0 Å². The van der Waals surface area contributed by atoms with Crippen LogP contribution in [0.2, 0.25) is 0 Å². The third kappa shape index (κ3) is 3.95. The summed E-state index contributed by atoms with van der Waals surface area (Å²) in [6, 6.07) is 0.368. The van der Waals surface area contributed by atoms with Crippen LogP contribution in [0.25, 0.3) is 0 Å². The summed E-state index contributed by atoms with van der Waals surface area (Å²) in [6.07, 6.45) is 2.36. The van der Waals surface area contributed by atoms with Crippen LogP contribution in [0.5, 0.6) is 0 Å². The SMILES string of the molecule is CCCN1CCN(CC(N)CC)CC1. The highest BCUT2D eigenvalue weighted by Gasteiger charge is 2.16. The van der Waals surface area contributed by atoms with Gasteiger partial charge in [0.05, 0.1) is 0 Å². The third-order valence-corrected chi connectivity index (χ3v) is 3.02. The first-order valence-electron chi connectivity index (χ1n) is 5.96. The van der Waals surface area contributed by atoms with Crippen LogP contribution < -0.4 is 5.73 Å². The van der Waals surface area contributed by atoms with Crippen molar-refractivity contribution in [3.8, 4) is 0 Å². The number of rotatable bonds is 5. The smallest absolute Gasteiger partial charge is 0.0165 e. The first-order valence-corrected chi connectivity index (χ1v) is 5.96. The van der Waals surface area contributed by atoms with Crippen LogP contribution >= 0.6 is 0 Å². The number of piperazine rings is 1. The Kier molecular flexibility index (Phi) is 5.45. The topological polar surface area (TPSA) is 32.5 Å². The summed E-state index contributed by atoms with van der Waals surface area (Å²) >= 11 is 0. The minimum Gasteiger partial charge on any atom is -0.327 e. The van der Waals surface area contributed by atoms with Gasteiger partial charge in [0.15, 0.2) is 0 Å². The molecule has 3 nitrogen and oxygen atoms in total. The fourth-order valence-corrected chi connectivity index (χ4v) is 1.97. The van der Waals surface area contributed by atoms with Crippen molar-refractivity contribution < 1.29 is 0 Å². The van der Waals surface area contributed by atoms with E-state index in [2.05, 4.69) is 23.6 Å². The maximum atomic E-state index is 5.94. The molecule has 0 radical (unpaired) electrons. The van der Waals surface area contributed by atoms with E-state index in [1.54, 1.807) is 0 Å². The summed E-state index contributed by atoms with van der Waals surface area (Å²) in [4.78, 5) is 5.05. The summed E-state index contributed by atoms with van der Waals surface area (Å²) in [5.74, 6) is 0. The van der Waals surface area contributed by atoms with Crippen molar-refractivity contribution in [2.45, 2.75) is 32.7 Å². The number of nitrogens with two attached hydrogens (primary N) is 1. The lowest BCUT2D eigenvalue weighted by Crippen LogP contribution is -2.49. The summed E-state index contributed by atoms with van der Waals surface area (Å²) < 4.78 is 0. The van der Waals surface area contributed by atoms with E-state index in [4.69, 9.17) is 5.73 Å². The molecule has 0 saturated carbocycles. The van der Waals surface area contributed by atoms with Gasteiger partial charge in [0.25, 0.3) is 0 Å². The average molecular weight is 199 g/mol. The highest BCUT2D eigenvalue weighted by atomic mass is 15.3. The molecule has 1 aliphatic heterocycles. The molecule has 0 bridgehead atoms. The van der Waals surface area contributed by atoms with Gasteiger partial charge in [-0.2, -0.15) is 0 Å². The van der Waals surface area contributed by atoms with Gasteiger partial charge in [-0.3, -0.25) is 4.90 Å². The summed E-state index contributed by atoms with van der Waals surface area (Å²) in [5.41, 5.74) is 5.94. The van der Waals surface area contributed by atoms with E-state index in [-0.39, 0.29) is 0 Å². The first kappa shape index (κ1) is 12.0. The van der Waals surface area contributed by atoms with Crippen molar-refractivity contribution in [2.75, 3.05) is 39.3 Å². The molecule has 1 saturated heterocycles. The molecule has 1 unspecified atom stereocenters. The van der Waals surface area contributed by atoms with Crippen molar-refractivity contribution in [3.63, 3.8) is 0 Å². The van der Waals surface area contributed by atoms with Gasteiger partial charge in [-0.1, -0.05) is 13.8 Å². The fourth-order valence-electron chi connectivity index (χ4n) is 1.97. The number of nitrogens with zero attached hydrogens (tertiary/aromatic N) is 2. The molecule has 1 aliphatic rings. The van der Waals surface area contributed by atoms with Crippen molar-refractivity contribution >= 4 is 0 Å². The zero-order chi connectivity index (χ0) is 10.4. The Hall–Kier alpha value is -0.120. The second kappa shape index (κ2) is 6.38. The first-order chi connectivity index (χ1) is 6.76. The van der Waals surface area contributed by atoms with Crippen molar-refractivity contribution in [3.05, 3.63) is 0 Å². The van der Waals surface area contributed by atoms with Crippen molar-refractivity contribution in [1.29, 1.82) is 0 Å². The van der Waals surface area contributed by atoms with Gasteiger partial charge in [-0.25, -0.2) is 0 Å². The van der Waals surface area contributed by atoms with Gasteiger partial charge in [0.1, 0.15) is 0 Å². The van der Waals surface area contributed by atoms with Gasteiger partial charge in [-0.05, 0) is 19.4 Å². The van der Waals surface area contributed by atoms with Gasteiger partial charge in [-0.15, -0.1) is 0 Å². The van der Waals surface area contributed by atoms with Gasteiger partial charge in [0, 0.05) is 38.8 Å². The lowest BCUT2D eigenvalue weighted by Gasteiger charge is -2.35. The van der Waals surface area contributed by atoms with E-state index in [1.807, 2.05) is 0 Å². The fraction of sp³-hybridized carbons (Fsp3) is 1.00. The predicted molar refractivity (Wildman–Crippen MR) is 61.4 cm³/mol. The van der Waals surface area contributed by atoms with Crippen molar-refractivity contribution in [2.24, 2.45) is 5.73 Å². The molecule has 0 aromatic carbocycles. The molecule has 0 aromatic heterocycles. The van der Waals surface area contributed by atoms with Gasteiger partial charge in [0.2, 0.25) is 0 Å². The predicted octanol–water partition coefficient (Wildman–Crippen LogP) is 0.751. The van der Waals surface area contributed by atoms with E-state index in [9.17, 15) is 0 Å². The Morgan fingerprint density at radius 2 is 1.64 bits per heavy atom. The maximum absolute atomic E-state index is 5.94. The largest absolute Gasteiger partial charge is 0.327 e. The highest BCUT2D eigenvalue weighted by Crippen LogP contribution is 2.03. The van der Waals surface area contributed by atoms with Crippen LogP contribution in [0.3, 0.4) is 0 Å². The van der Waals surface area contributed by atoms with Crippen LogP contribution in [0.1, 0.15) is 26.7 Å². The molecule has 3 heteroatoms. The number of hydrogen-bond acceptors (Lipinski definition) is 3. The summed E-state index contributed by atoms with van der Waals surface area (Å²) in [7, 11) is 0. The molecule has 84 valence electrons. The number of hydrogen-bond donors (Lipinski definition) is 1. The Bertz CT molecular complexity index is 141. The zero-order valence-electron chi connectivity index (χ0n) is 9.71. The Morgan fingerprint density at radius 3 is 2.14 bits per heavy atom. The highest BCUT2D eigenvalue weighted by molar-refractivity contribution is 4.74. The Morgan fingerprint density at radius 1 is 1.07 bits per heavy atom. The van der Waals surface area contributed by atoms with E-state index < -0.39 is 0 Å². The molecule has 1 heterocycles. The normalized spacial score (nSPS) is 22.5. The molecular weight excluding hydrogens is 174 g/mol. The molecule has 0 spiro atoms. The van der Waals surface area contributed by atoms with E-state index in [1.165, 1.54) is 39.1 Å². The Balaban J connectivity index is 2.15. The van der Waals surface area contributed by atoms with Crippen LogP contribution in [-0.4, -0.2) is 55.1 Å². The minimum absolute atomic E-state index is 0.368.